The van der Waals surface area contributed by atoms with Gasteiger partial charge in [0.1, 0.15) is 5.69 Å². The maximum atomic E-state index is 11.1. The lowest BCUT2D eigenvalue weighted by atomic mass is 10.1. The number of nitrogens with zero attached hydrogens (tertiary/aromatic N) is 3. The molecule has 0 aliphatic rings. The summed E-state index contributed by atoms with van der Waals surface area (Å²) in [5.74, 6) is 0.331. The van der Waals surface area contributed by atoms with Crippen molar-refractivity contribution in [3.8, 4) is 0 Å². The molecule has 1 heterocycles. The second-order valence-corrected chi connectivity index (χ2v) is 4.33. The number of hydrogen-bond donors (Lipinski definition) is 2. The zero-order chi connectivity index (χ0) is 13.8. The van der Waals surface area contributed by atoms with Gasteiger partial charge in [0.05, 0.1) is 5.71 Å². The summed E-state index contributed by atoms with van der Waals surface area (Å²) in [6, 6.07) is 7.29. The number of nitrogens with one attached hydrogen (secondary N) is 2. The lowest BCUT2D eigenvalue weighted by Crippen LogP contribution is -2.16. The van der Waals surface area contributed by atoms with Crippen LogP contribution in [0.15, 0.2) is 34.2 Å². The summed E-state index contributed by atoms with van der Waals surface area (Å²) in [5.41, 5.74) is 4.44. The van der Waals surface area contributed by atoms with Crippen LogP contribution in [0.4, 0.5) is 5.82 Å². The molecule has 0 spiro atoms. The third-order valence-corrected chi connectivity index (χ3v) is 2.72. The Labute approximate surface area is 114 Å². The third-order valence-electron chi connectivity index (χ3n) is 2.47. The van der Waals surface area contributed by atoms with Crippen molar-refractivity contribution in [2.24, 2.45) is 5.10 Å². The highest BCUT2D eigenvalue weighted by molar-refractivity contribution is 6.30. The van der Waals surface area contributed by atoms with E-state index in [0.29, 0.717) is 16.5 Å². The molecule has 7 heteroatoms. The summed E-state index contributed by atoms with van der Waals surface area (Å²) in [5, 5.41) is 10.9. The molecule has 19 heavy (non-hydrogen) atoms. The van der Waals surface area contributed by atoms with Crippen molar-refractivity contribution in [2.45, 2.75) is 13.8 Å². The van der Waals surface area contributed by atoms with E-state index in [0.717, 1.165) is 11.3 Å². The molecule has 1 aromatic carbocycles. The predicted molar refractivity (Wildman–Crippen MR) is 74.7 cm³/mol. The second-order valence-electron chi connectivity index (χ2n) is 3.89. The molecule has 2 N–H and O–H groups in total. The van der Waals surface area contributed by atoms with Crippen LogP contribution in [-0.2, 0) is 0 Å². The van der Waals surface area contributed by atoms with Gasteiger partial charge in [-0.05, 0) is 31.5 Å². The molecule has 0 unspecified atom stereocenters. The van der Waals surface area contributed by atoms with Crippen LogP contribution in [0.3, 0.4) is 0 Å². The summed E-state index contributed by atoms with van der Waals surface area (Å²) < 4.78 is 0. The van der Waals surface area contributed by atoms with Crippen molar-refractivity contribution >= 4 is 23.1 Å². The van der Waals surface area contributed by atoms with E-state index in [-0.39, 0.29) is 0 Å². The molecule has 1 aromatic heterocycles. The number of hydrazone groups is 1. The fourth-order valence-electron chi connectivity index (χ4n) is 1.39. The van der Waals surface area contributed by atoms with Crippen LogP contribution in [0.5, 0.6) is 0 Å². The van der Waals surface area contributed by atoms with Crippen LogP contribution < -0.4 is 11.1 Å². The Bertz CT molecular complexity index is 663. The van der Waals surface area contributed by atoms with E-state index >= 15 is 0 Å². The maximum Gasteiger partial charge on any atom is 0.363 e. The summed E-state index contributed by atoms with van der Waals surface area (Å²) in [7, 11) is 0. The maximum absolute atomic E-state index is 11.1. The summed E-state index contributed by atoms with van der Waals surface area (Å²) in [6.45, 7) is 3.56. The van der Waals surface area contributed by atoms with E-state index in [1.165, 1.54) is 0 Å². The summed E-state index contributed by atoms with van der Waals surface area (Å²) in [4.78, 5) is 14.8. The average Bonchev–Trinajstić information content (AvgIpc) is 2.40. The number of hydrogen-bond acceptors (Lipinski definition) is 5. The highest BCUT2D eigenvalue weighted by atomic mass is 35.5. The van der Waals surface area contributed by atoms with Gasteiger partial charge >= 0.3 is 5.69 Å². The smallest absolute Gasteiger partial charge is 0.259 e. The molecular formula is C12H12ClN5O. The number of halogens is 1. The molecule has 0 saturated heterocycles. The largest absolute Gasteiger partial charge is 0.363 e. The Balaban J connectivity index is 2.20. The van der Waals surface area contributed by atoms with E-state index in [1.807, 2.05) is 19.1 Å². The van der Waals surface area contributed by atoms with Crippen molar-refractivity contribution in [3.63, 3.8) is 0 Å². The monoisotopic (exact) mass is 277 g/mol. The average molecular weight is 278 g/mol. The number of rotatable bonds is 3. The number of aromatic nitrogens is 3. The first-order chi connectivity index (χ1) is 9.06. The molecule has 0 radical (unpaired) electrons. The topological polar surface area (TPSA) is 83.0 Å². The highest BCUT2D eigenvalue weighted by Crippen LogP contribution is 2.11. The van der Waals surface area contributed by atoms with Crippen LogP contribution in [0.25, 0.3) is 0 Å². The first kappa shape index (κ1) is 13.2. The summed E-state index contributed by atoms with van der Waals surface area (Å²) >= 11 is 5.82. The quantitative estimate of drug-likeness (QED) is 0.664. The van der Waals surface area contributed by atoms with E-state index in [9.17, 15) is 4.79 Å². The van der Waals surface area contributed by atoms with Crippen LogP contribution in [-0.4, -0.2) is 20.9 Å². The third kappa shape index (κ3) is 3.38. The highest BCUT2D eigenvalue weighted by Gasteiger charge is 2.02. The standard InChI is InChI=1S/C12H12ClN5O/c1-7(9-3-5-10(13)6-4-9)15-17-11-8(2)16-18-12(19)14-11/h3-6H,1-2H3,(H2,14,17,18,19). The number of H-pyrrole nitrogens is 1. The number of anilines is 1. The Morgan fingerprint density at radius 1 is 1.37 bits per heavy atom. The van der Waals surface area contributed by atoms with Crippen LogP contribution in [0.1, 0.15) is 18.2 Å². The zero-order valence-corrected chi connectivity index (χ0v) is 11.2. The van der Waals surface area contributed by atoms with Crippen molar-refractivity contribution in [2.75, 3.05) is 5.43 Å². The van der Waals surface area contributed by atoms with Gasteiger partial charge in [-0.15, -0.1) is 0 Å². The van der Waals surface area contributed by atoms with E-state index in [1.54, 1.807) is 19.1 Å². The van der Waals surface area contributed by atoms with Crippen LogP contribution in [0, 0.1) is 6.92 Å². The molecule has 0 amide bonds. The fourth-order valence-corrected chi connectivity index (χ4v) is 1.52. The van der Waals surface area contributed by atoms with Gasteiger partial charge in [-0.3, -0.25) is 5.43 Å². The molecule has 0 atom stereocenters. The number of benzene rings is 1. The Kier molecular flexibility index (Phi) is 3.91. The van der Waals surface area contributed by atoms with Gasteiger partial charge in [-0.2, -0.15) is 15.2 Å². The van der Waals surface area contributed by atoms with Crippen molar-refractivity contribution in [1.82, 2.24) is 15.2 Å². The minimum atomic E-state index is -0.521. The second kappa shape index (κ2) is 5.62. The molecule has 2 rings (SSSR count). The van der Waals surface area contributed by atoms with Crippen molar-refractivity contribution < 1.29 is 0 Å². The first-order valence-electron chi connectivity index (χ1n) is 5.56. The van der Waals surface area contributed by atoms with Crippen molar-refractivity contribution in [1.29, 1.82) is 0 Å². The Hall–Kier alpha value is -2.21. The first-order valence-corrected chi connectivity index (χ1v) is 5.93. The van der Waals surface area contributed by atoms with Gasteiger partial charge in [0.25, 0.3) is 0 Å². The molecule has 6 nitrogen and oxygen atoms in total. The van der Waals surface area contributed by atoms with Gasteiger partial charge in [-0.1, -0.05) is 23.7 Å². The van der Waals surface area contributed by atoms with E-state index in [2.05, 4.69) is 25.7 Å². The molecule has 98 valence electrons. The zero-order valence-electron chi connectivity index (χ0n) is 10.4. The minimum Gasteiger partial charge on any atom is -0.259 e. The van der Waals surface area contributed by atoms with Gasteiger partial charge in [-0.25, -0.2) is 9.89 Å². The minimum absolute atomic E-state index is 0.331. The predicted octanol–water partition coefficient (Wildman–Crippen LogP) is 1.96. The van der Waals surface area contributed by atoms with Crippen LogP contribution >= 0.6 is 11.6 Å². The molecular weight excluding hydrogens is 266 g/mol. The molecule has 2 aromatic rings. The summed E-state index contributed by atoms with van der Waals surface area (Å²) in [6.07, 6.45) is 0. The van der Waals surface area contributed by atoms with Gasteiger partial charge in [0.2, 0.25) is 0 Å². The lowest BCUT2D eigenvalue weighted by Gasteiger charge is -2.04. The van der Waals surface area contributed by atoms with Gasteiger partial charge < -0.3 is 0 Å². The Morgan fingerprint density at radius 3 is 2.74 bits per heavy atom. The molecule has 0 saturated carbocycles. The van der Waals surface area contributed by atoms with E-state index in [4.69, 9.17) is 11.6 Å². The van der Waals surface area contributed by atoms with E-state index < -0.39 is 5.69 Å². The lowest BCUT2D eigenvalue weighted by molar-refractivity contribution is 0.879. The van der Waals surface area contributed by atoms with Gasteiger partial charge in [0.15, 0.2) is 5.82 Å². The molecule has 0 fully saturated rings. The number of aromatic amines is 1. The molecule has 0 aliphatic heterocycles. The molecule has 0 aliphatic carbocycles. The SMILES string of the molecule is CC(=NNc1nc(=O)[nH]nc1C)c1ccc(Cl)cc1. The van der Waals surface area contributed by atoms with Gasteiger partial charge in [0, 0.05) is 5.02 Å². The van der Waals surface area contributed by atoms with Crippen molar-refractivity contribution in [3.05, 3.63) is 51.0 Å². The molecule has 0 bridgehead atoms. The van der Waals surface area contributed by atoms with Crippen LogP contribution in [0.2, 0.25) is 5.02 Å². The normalized spacial score (nSPS) is 11.4. The number of aryl methyl sites for hydroxylation is 1. The Morgan fingerprint density at radius 2 is 2.05 bits per heavy atom. The fraction of sp³-hybridized carbons (Fsp3) is 0.167.